The number of ether oxygens (including phenoxy) is 3. The molecule has 36 heteroatoms. The van der Waals surface area contributed by atoms with Gasteiger partial charge in [0.05, 0.1) is 137 Å². The second kappa shape index (κ2) is 42.4. The molecule has 12 heterocycles. The maximum Gasteiger partial charge on any atom is 0.227 e. The van der Waals surface area contributed by atoms with Crippen LogP contribution < -0.4 is 40.9 Å². The van der Waals surface area contributed by atoms with Gasteiger partial charge >= 0.3 is 0 Å². The summed E-state index contributed by atoms with van der Waals surface area (Å²) < 4.78 is 23.3. The fraction of sp³-hybridized carbons (Fsp3) is 0.240. The first kappa shape index (κ1) is 90.8. The Labute approximate surface area is 785 Å². The van der Waals surface area contributed by atoms with Crippen LogP contribution in [0.25, 0.3) is 67.8 Å². The molecule has 20 rings (SSSR count). The molecule has 0 unspecified atom stereocenters. The Morgan fingerprint density at radius 2 is 0.721 bits per heavy atom. The van der Waals surface area contributed by atoms with E-state index in [1.54, 1.807) is 68.8 Å². The number of aryl methyl sites for hydroxylation is 3. The predicted octanol–water partition coefficient (Wildman–Crippen LogP) is 15.1. The fourth-order valence-electron chi connectivity index (χ4n) is 15.6. The molecule has 36 nitrogen and oxygen atoms in total. The predicted molar refractivity (Wildman–Crippen MR) is 517 cm³/mol. The van der Waals surface area contributed by atoms with Crippen molar-refractivity contribution in [2.24, 2.45) is 0 Å². The van der Waals surface area contributed by atoms with Gasteiger partial charge in [-0.2, -0.15) is 41.4 Å². The van der Waals surface area contributed by atoms with E-state index >= 15 is 0 Å². The van der Waals surface area contributed by atoms with Crippen molar-refractivity contribution in [1.82, 2.24) is 98.9 Å². The zero-order chi connectivity index (χ0) is 93.9. The lowest BCUT2D eigenvalue weighted by atomic mass is 9.96. The summed E-state index contributed by atoms with van der Waals surface area (Å²) >= 11 is 0. The molecule has 4 aliphatic rings. The second-order valence-electron chi connectivity index (χ2n) is 33.1. The summed E-state index contributed by atoms with van der Waals surface area (Å²) in [6.07, 6.45) is 14.7. The van der Waals surface area contributed by atoms with Crippen LogP contribution >= 0.6 is 0 Å². The highest BCUT2D eigenvalue weighted by Gasteiger charge is 2.25. The average Bonchev–Trinajstić information content (AvgIpc) is 1.04. The van der Waals surface area contributed by atoms with Gasteiger partial charge < -0.3 is 60.2 Å². The maximum atomic E-state index is 9.94. The van der Waals surface area contributed by atoms with Crippen molar-refractivity contribution in [1.29, 1.82) is 21.0 Å². The minimum Gasteiger partial charge on any atom is -0.393 e. The van der Waals surface area contributed by atoms with Crippen molar-refractivity contribution in [2.45, 2.75) is 65.9 Å². The van der Waals surface area contributed by atoms with E-state index in [1.165, 1.54) is 0 Å². The van der Waals surface area contributed by atoms with E-state index in [0.29, 0.717) is 116 Å². The van der Waals surface area contributed by atoms with Crippen LogP contribution in [0.1, 0.15) is 79.2 Å². The van der Waals surface area contributed by atoms with Crippen molar-refractivity contribution in [3.8, 4) is 92.1 Å². The number of hydrogen-bond acceptors (Lipinski definition) is 32. The van der Waals surface area contributed by atoms with Crippen LogP contribution in [-0.2, 0) is 19.6 Å². The number of nitrogens with zero attached hydrogens (tertiary/aromatic N) is 28. The molecule has 16 aromatic rings. The number of aliphatic hydroxyl groups excluding tert-OH is 1. The minimum atomic E-state index is -0.256. The standard InChI is InChI=1S/C28H30N8O.3C24H22N8O/c1-28(2,3)26-31-18-36(34-26)22-7-5-21(6-8-22)32-27-30-13-10-24(33-27)19-4-9-25(20(16-19)17-29)35-14-11-23(37)12-15-35;1-17-27-16-32(30-17)20-6-3-19(4-7-20)28-24-26-9-8-23(29-24)22-14-21(5-2-18(22)15-25)31-10-12-33-13-11-31;1-17-27-16-32(30-17)20-4-2-19(3-5-20)28-24-26-9-8-23(29-24)22-7-6-21(14-18(22)15-25)31-10-12-33-13-11-31;1-17-27-16-32(30-17)19-7-5-18(6-8-19)28-24-26-10-9-22(29-24)20-3-2-4-23(21(20)15-25)31-11-13-33-14-12-31/h4-10,13,16,18,23,37H,11-12,14-15H2,1-3H3,(H,30,32,33);2*2-9,14,16H,10-13H2,1H3,(H,26,28,29);2-10,16H,11-14H2,1H3,(H,26,28,29). The third-order valence-corrected chi connectivity index (χ3v) is 22.7. The first-order valence-electron chi connectivity index (χ1n) is 44.4. The third kappa shape index (κ3) is 22.5. The molecule has 8 aromatic carbocycles. The summed E-state index contributed by atoms with van der Waals surface area (Å²) in [4.78, 5) is 61.8. The van der Waals surface area contributed by atoms with Gasteiger partial charge in [-0.25, -0.2) is 78.5 Å². The van der Waals surface area contributed by atoms with E-state index in [4.69, 9.17) is 14.2 Å². The molecule has 0 saturated carbocycles. The third-order valence-electron chi connectivity index (χ3n) is 22.7. The van der Waals surface area contributed by atoms with Crippen LogP contribution in [0.2, 0.25) is 0 Å². The number of morpholine rings is 3. The molecule has 0 atom stereocenters. The molecule has 136 heavy (non-hydrogen) atoms. The van der Waals surface area contributed by atoms with Crippen molar-refractivity contribution in [3.05, 3.63) is 290 Å². The van der Waals surface area contributed by atoms with Gasteiger partial charge in [-0.3, -0.25) is 0 Å². The Kier molecular flexibility index (Phi) is 28.3. The van der Waals surface area contributed by atoms with Gasteiger partial charge in [0.25, 0.3) is 0 Å². The molecule has 4 aliphatic heterocycles. The molecule has 4 saturated heterocycles. The molecule has 0 spiro atoms. The van der Waals surface area contributed by atoms with E-state index in [9.17, 15) is 26.2 Å². The van der Waals surface area contributed by atoms with Crippen LogP contribution in [0.15, 0.2) is 244 Å². The molecule has 8 aromatic heterocycles. The Morgan fingerprint density at radius 3 is 1.14 bits per heavy atom. The number of rotatable bonds is 20. The van der Waals surface area contributed by atoms with Gasteiger partial charge in [0.15, 0.2) is 5.82 Å². The molecule has 0 bridgehead atoms. The number of nitriles is 4. The smallest absolute Gasteiger partial charge is 0.227 e. The molecule has 0 amide bonds. The highest BCUT2D eigenvalue weighted by molar-refractivity contribution is 5.79. The number of anilines is 12. The molecular formula is C100H96N32O4. The van der Waals surface area contributed by atoms with E-state index in [1.807, 2.05) is 215 Å². The summed E-state index contributed by atoms with van der Waals surface area (Å²) in [5.74, 6) is 4.79. The topological polar surface area (TPSA) is 430 Å². The van der Waals surface area contributed by atoms with Gasteiger partial charge in [-0.1, -0.05) is 39.0 Å². The number of hydrogen-bond donors (Lipinski definition) is 5. The number of aromatic nitrogens is 20. The number of benzene rings is 8. The van der Waals surface area contributed by atoms with Crippen LogP contribution in [0.4, 0.5) is 69.3 Å². The summed E-state index contributed by atoms with van der Waals surface area (Å²) in [7, 11) is 0. The Balaban J connectivity index is 0.000000126. The number of nitrogens with one attached hydrogen (secondary N) is 4. The summed E-state index contributed by atoms with van der Waals surface area (Å²) in [5.41, 5.74) is 19.1. The van der Waals surface area contributed by atoms with Crippen LogP contribution in [0.3, 0.4) is 0 Å². The van der Waals surface area contributed by atoms with Crippen LogP contribution in [0.5, 0.6) is 0 Å². The summed E-state index contributed by atoms with van der Waals surface area (Å²) in [5, 5.41) is 79.4. The van der Waals surface area contributed by atoms with Gasteiger partial charge in [0.2, 0.25) is 23.8 Å². The lowest BCUT2D eigenvalue weighted by Crippen LogP contribution is -2.36. The van der Waals surface area contributed by atoms with Gasteiger partial charge in [-0.15, -0.1) is 0 Å². The number of aliphatic hydroxyl groups is 1. The van der Waals surface area contributed by atoms with Gasteiger partial charge in [-0.05, 0) is 210 Å². The van der Waals surface area contributed by atoms with E-state index in [0.717, 1.165) is 172 Å². The lowest BCUT2D eigenvalue weighted by molar-refractivity contribution is 0.122. The van der Waals surface area contributed by atoms with Crippen LogP contribution in [-0.4, -0.2) is 202 Å². The van der Waals surface area contributed by atoms with Crippen molar-refractivity contribution in [2.75, 3.05) is 133 Å². The molecule has 0 aliphatic carbocycles. The van der Waals surface area contributed by atoms with Crippen molar-refractivity contribution >= 4 is 69.3 Å². The molecule has 0 radical (unpaired) electrons. The Bertz CT molecular complexity index is 6870. The molecule has 680 valence electrons. The minimum absolute atomic E-state index is 0.111. The SMILES string of the molecule is CC(C)(C)c1ncn(-c2ccc(Nc3nccc(-c4ccc(N5CCC(O)CC5)c(C#N)c4)n3)cc2)n1.Cc1ncn(-c2ccc(Nc3nccc(-c4cc(N5CCOCC5)ccc4C#N)n3)cc2)n1.Cc1ncn(-c2ccc(Nc3nccc(-c4ccc(N5CCOCC5)cc4C#N)n3)cc2)n1.Cc1ncn(-c2ccc(Nc3nccc(-c4cccc(N5CCOCC5)c4C#N)n3)cc2)n1. The monoisotopic (exact) mass is 1810 g/mol. The lowest BCUT2D eigenvalue weighted by Gasteiger charge is -2.32. The highest BCUT2D eigenvalue weighted by atomic mass is 16.5. The fourth-order valence-corrected chi connectivity index (χ4v) is 15.6. The van der Waals surface area contributed by atoms with E-state index in [2.05, 4.69) is 166 Å². The Morgan fingerprint density at radius 1 is 0.338 bits per heavy atom. The quantitative estimate of drug-likeness (QED) is 0.0473. The van der Waals surface area contributed by atoms with Crippen molar-refractivity contribution in [3.63, 3.8) is 0 Å². The van der Waals surface area contributed by atoms with E-state index in [-0.39, 0.29) is 11.5 Å². The normalized spacial score (nSPS) is 13.8. The Hall–Kier alpha value is -17.2. The second-order valence-corrected chi connectivity index (χ2v) is 33.1. The molecule has 5 N–H and O–H groups in total. The summed E-state index contributed by atoms with van der Waals surface area (Å²) in [6, 6.07) is 71.1. The van der Waals surface area contributed by atoms with Crippen molar-refractivity contribution < 1.29 is 19.3 Å². The van der Waals surface area contributed by atoms with E-state index < -0.39 is 0 Å². The maximum absolute atomic E-state index is 9.94. The van der Waals surface area contributed by atoms with Gasteiger partial charge in [0, 0.05) is 139 Å². The zero-order valence-electron chi connectivity index (χ0n) is 75.7. The molecule has 4 fully saturated rings. The highest BCUT2D eigenvalue weighted by Crippen LogP contribution is 2.36. The molecular weight excluding hydrogens is 1710 g/mol. The first-order chi connectivity index (χ1) is 66.4. The summed E-state index contributed by atoms with van der Waals surface area (Å²) in [6.45, 7) is 22.2. The first-order valence-corrected chi connectivity index (χ1v) is 44.4. The number of piperidine rings is 1. The largest absolute Gasteiger partial charge is 0.393 e. The zero-order valence-corrected chi connectivity index (χ0v) is 75.7. The van der Waals surface area contributed by atoms with Gasteiger partial charge in [0.1, 0.15) is 54.9 Å². The average molecular weight is 1810 g/mol. The van der Waals surface area contributed by atoms with Crippen LogP contribution in [0, 0.1) is 66.1 Å².